The normalized spacial score (nSPS) is 9.94. The van der Waals surface area contributed by atoms with Gasteiger partial charge in [-0.05, 0) is 18.1 Å². The van der Waals surface area contributed by atoms with Crippen molar-refractivity contribution in [3.8, 4) is 5.75 Å². The number of carbonyl (C=O) groups is 1. The summed E-state index contributed by atoms with van der Waals surface area (Å²) in [6, 6.07) is 1.93. The van der Waals surface area contributed by atoms with Crippen LogP contribution in [0, 0.1) is 11.6 Å². The lowest BCUT2D eigenvalue weighted by Crippen LogP contribution is -2.23. The number of carboxylic acid groups (broad SMARTS) is 1. The first-order valence-corrected chi connectivity index (χ1v) is 4.53. The summed E-state index contributed by atoms with van der Waals surface area (Å²) in [5.74, 6) is -1.47. The summed E-state index contributed by atoms with van der Waals surface area (Å²) in [7, 11) is 1.24. The molecule has 0 atom stereocenters. The van der Waals surface area contributed by atoms with Gasteiger partial charge in [0, 0.05) is 12.6 Å². The highest BCUT2D eigenvalue weighted by Gasteiger charge is 2.10. The van der Waals surface area contributed by atoms with Gasteiger partial charge in [-0.15, -0.1) is 0 Å². The lowest BCUT2D eigenvalue weighted by atomic mass is 10.1. The smallest absolute Gasteiger partial charge is 0.404 e. The molecular weight excluding hydrogens is 220 g/mol. The molecule has 0 bridgehead atoms. The van der Waals surface area contributed by atoms with Crippen LogP contribution in [0.3, 0.4) is 0 Å². The van der Waals surface area contributed by atoms with E-state index in [2.05, 4.69) is 10.1 Å². The molecule has 0 aliphatic rings. The summed E-state index contributed by atoms with van der Waals surface area (Å²) < 4.78 is 31.1. The molecule has 0 aliphatic carbocycles. The molecule has 0 unspecified atom stereocenters. The van der Waals surface area contributed by atoms with Crippen LogP contribution in [-0.4, -0.2) is 24.9 Å². The van der Waals surface area contributed by atoms with Crippen molar-refractivity contribution >= 4 is 6.09 Å². The van der Waals surface area contributed by atoms with Gasteiger partial charge >= 0.3 is 6.09 Å². The summed E-state index contributed by atoms with van der Waals surface area (Å²) in [4.78, 5) is 10.1. The fourth-order valence-electron chi connectivity index (χ4n) is 1.22. The molecule has 1 amide bonds. The minimum atomic E-state index is -1.20. The molecular formula is C10H11F2NO3. The number of hydrogen-bond donors (Lipinski definition) is 2. The number of amides is 1. The Labute approximate surface area is 90.8 Å². The van der Waals surface area contributed by atoms with E-state index in [1.165, 1.54) is 7.11 Å². The fourth-order valence-corrected chi connectivity index (χ4v) is 1.22. The Morgan fingerprint density at radius 3 is 2.69 bits per heavy atom. The molecule has 1 aromatic rings. The number of benzene rings is 1. The Balaban J connectivity index is 2.73. The van der Waals surface area contributed by atoms with Crippen LogP contribution in [0.2, 0.25) is 0 Å². The topological polar surface area (TPSA) is 58.6 Å². The zero-order chi connectivity index (χ0) is 12.1. The molecule has 0 fully saturated rings. The molecule has 0 saturated heterocycles. The summed E-state index contributed by atoms with van der Waals surface area (Å²) in [6.07, 6.45) is -1.12. The standard InChI is InChI=1S/C10H11F2NO3/c1-16-9-5-7(11)6(4-8(9)12)2-3-13-10(14)15/h4-5,13H,2-3H2,1H3,(H,14,15). The lowest BCUT2D eigenvalue weighted by molar-refractivity contribution is 0.194. The van der Waals surface area contributed by atoms with Gasteiger partial charge in [0.2, 0.25) is 0 Å². The number of hydrogen-bond acceptors (Lipinski definition) is 2. The largest absolute Gasteiger partial charge is 0.494 e. The second-order valence-corrected chi connectivity index (χ2v) is 3.06. The van der Waals surface area contributed by atoms with Gasteiger partial charge in [0.1, 0.15) is 5.82 Å². The van der Waals surface area contributed by atoms with Crippen LogP contribution in [0.5, 0.6) is 5.75 Å². The Hall–Kier alpha value is -1.85. The van der Waals surface area contributed by atoms with Crippen molar-refractivity contribution in [3.63, 3.8) is 0 Å². The van der Waals surface area contributed by atoms with Gasteiger partial charge in [-0.1, -0.05) is 0 Å². The maximum Gasteiger partial charge on any atom is 0.404 e. The van der Waals surface area contributed by atoms with Crippen LogP contribution < -0.4 is 10.1 Å². The Kier molecular flexibility index (Phi) is 4.04. The van der Waals surface area contributed by atoms with E-state index in [1.54, 1.807) is 0 Å². The van der Waals surface area contributed by atoms with Crippen LogP contribution in [-0.2, 0) is 6.42 Å². The second kappa shape index (κ2) is 5.29. The summed E-state index contributed by atoms with van der Waals surface area (Å²) in [6.45, 7) is 0.0258. The highest BCUT2D eigenvalue weighted by atomic mass is 19.1. The van der Waals surface area contributed by atoms with Crippen molar-refractivity contribution in [1.82, 2.24) is 5.32 Å². The van der Waals surface area contributed by atoms with Crippen molar-refractivity contribution in [2.24, 2.45) is 0 Å². The van der Waals surface area contributed by atoms with Gasteiger partial charge < -0.3 is 15.2 Å². The molecule has 1 aromatic carbocycles. The third-order valence-corrected chi connectivity index (χ3v) is 1.99. The van der Waals surface area contributed by atoms with Gasteiger partial charge in [-0.3, -0.25) is 0 Å². The number of rotatable bonds is 4. The number of ether oxygens (including phenoxy) is 1. The van der Waals surface area contributed by atoms with Gasteiger partial charge in [0.25, 0.3) is 0 Å². The quantitative estimate of drug-likeness (QED) is 0.830. The van der Waals surface area contributed by atoms with Crippen LogP contribution >= 0.6 is 0 Å². The summed E-state index contributed by atoms with van der Waals surface area (Å²) in [5.41, 5.74) is 0.104. The van der Waals surface area contributed by atoms with Crippen molar-refractivity contribution in [3.05, 3.63) is 29.3 Å². The monoisotopic (exact) mass is 231 g/mol. The molecule has 0 spiro atoms. The molecule has 1 rings (SSSR count). The fraction of sp³-hybridized carbons (Fsp3) is 0.300. The first-order valence-electron chi connectivity index (χ1n) is 4.53. The molecule has 6 heteroatoms. The molecule has 0 radical (unpaired) electrons. The highest BCUT2D eigenvalue weighted by Crippen LogP contribution is 2.21. The molecule has 0 aliphatic heterocycles. The molecule has 88 valence electrons. The van der Waals surface area contributed by atoms with Crippen LogP contribution in [0.15, 0.2) is 12.1 Å². The number of methoxy groups -OCH3 is 1. The number of nitrogens with one attached hydrogen (secondary N) is 1. The second-order valence-electron chi connectivity index (χ2n) is 3.06. The molecule has 0 aromatic heterocycles. The predicted molar refractivity (Wildman–Crippen MR) is 52.6 cm³/mol. The molecule has 0 saturated carbocycles. The van der Waals surface area contributed by atoms with Gasteiger partial charge in [0.05, 0.1) is 7.11 Å². The third kappa shape index (κ3) is 3.08. The molecule has 16 heavy (non-hydrogen) atoms. The molecule has 4 nitrogen and oxygen atoms in total. The SMILES string of the molecule is COc1cc(F)c(CCNC(=O)O)cc1F. The molecule has 0 heterocycles. The zero-order valence-corrected chi connectivity index (χ0v) is 8.59. The van der Waals surface area contributed by atoms with E-state index in [9.17, 15) is 13.6 Å². The van der Waals surface area contributed by atoms with E-state index in [0.29, 0.717) is 0 Å². The summed E-state index contributed by atoms with van der Waals surface area (Å²) >= 11 is 0. The first kappa shape index (κ1) is 12.2. The Bertz CT molecular complexity index is 396. The Morgan fingerprint density at radius 2 is 2.12 bits per heavy atom. The van der Waals surface area contributed by atoms with Crippen LogP contribution in [0.1, 0.15) is 5.56 Å². The lowest BCUT2D eigenvalue weighted by Gasteiger charge is -2.07. The Morgan fingerprint density at radius 1 is 1.44 bits per heavy atom. The minimum Gasteiger partial charge on any atom is -0.494 e. The number of halogens is 2. The van der Waals surface area contributed by atoms with Crippen molar-refractivity contribution in [2.45, 2.75) is 6.42 Å². The zero-order valence-electron chi connectivity index (χ0n) is 8.59. The van der Waals surface area contributed by atoms with E-state index in [4.69, 9.17) is 5.11 Å². The van der Waals surface area contributed by atoms with Crippen LogP contribution in [0.4, 0.5) is 13.6 Å². The third-order valence-electron chi connectivity index (χ3n) is 1.99. The maximum atomic E-state index is 13.3. The van der Waals surface area contributed by atoms with E-state index < -0.39 is 17.7 Å². The predicted octanol–water partition coefficient (Wildman–Crippen LogP) is 1.78. The average molecular weight is 231 g/mol. The van der Waals surface area contributed by atoms with Gasteiger partial charge in [0.15, 0.2) is 11.6 Å². The molecule has 2 N–H and O–H groups in total. The van der Waals surface area contributed by atoms with E-state index in [1.807, 2.05) is 0 Å². The van der Waals surface area contributed by atoms with Crippen molar-refractivity contribution in [1.29, 1.82) is 0 Å². The first-order chi connectivity index (χ1) is 7.54. The van der Waals surface area contributed by atoms with E-state index >= 15 is 0 Å². The van der Waals surface area contributed by atoms with E-state index in [-0.39, 0.29) is 24.3 Å². The van der Waals surface area contributed by atoms with Crippen LogP contribution in [0.25, 0.3) is 0 Å². The highest BCUT2D eigenvalue weighted by molar-refractivity contribution is 5.64. The van der Waals surface area contributed by atoms with E-state index in [0.717, 1.165) is 12.1 Å². The van der Waals surface area contributed by atoms with Crippen molar-refractivity contribution < 1.29 is 23.4 Å². The van der Waals surface area contributed by atoms with Gasteiger partial charge in [-0.25, -0.2) is 13.6 Å². The average Bonchev–Trinajstić information content (AvgIpc) is 2.22. The summed E-state index contributed by atoms with van der Waals surface area (Å²) in [5, 5.41) is 10.4. The minimum absolute atomic E-state index is 0.0258. The maximum absolute atomic E-state index is 13.3. The van der Waals surface area contributed by atoms with Crippen molar-refractivity contribution in [2.75, 3.05) is 13.7 Å². The van der Waals surface area contributed by atoms with Gasteiger partial charge in [-0.2, -0.15) is 0 Å².